The largest absolute Gasteiger partial charge is 0.463 e. The molecule has 1 aliphatic heterocycles. The Kier molecular flexibility index (Phi) is 6.50. The van der Waals surface area contributed by atoms with E-state index < -0.39 is 23.1 Å². The third kappa shape index (κ3) is 4.71. The molecule has 0 bridgehead atoms. The molecule has 2 aromatic heterocycles. The van der Waals surface area contributed by atoms with Gasteiger partial charge in [-0.05, 0) is 39.3 Å². The van der Waals surface area contributed by atoms with Crippen LogP contribution in [0.5, 0.6) is 0 Å². The van der Waals surface area contributed by atoms with Gasteiger partial charge in [0, 0.05) is 11.8 Å². The molecule has 180 valence electrons. The van der Waals surface area contributed by atoms with Gasteiger partial charge in [-0.3, -0.25) is 19.0 Å². The van der Waals surface area contributed by atoms with Crippen molar-refractivity contribution in [1.29, 1.82) is 0 Å². The number of aromatic nitrogens is 4. The highest BCUT2D eigenvalue weighted by molar-refractivity contribution is 8.00. The van der Waals surface area contributed by atoms with Crippen LogP contribution >= 0.6 is 11.8 Å². The maximum atomic E-state index is 12.8. The molecular weight excluding hydrogens is 458 g/mol. The van der Waals surface area contributed by atoms with Gasteiger partial charge in [0.25, 0.3) is 5.56 Å². The molecule has 1 fully saturated rings. The topological polar surface area (TPSA) is 131 Å². The van der Waals surface area contributed by atoms with Crippen LogP contribution in [0.15, 0.2) is 46.3 Å². The van der Waals surface area contributed by atoms with Crippen LogP contribution in [0.2, 0.25) is 0 Å². The number of esters is 1. The van der Waals surface area contributed by atoms with Crippen molar-refractivity contribution in [2.75, 3.05) is 12.3 Å². The second-order valence-electron chi connectivity index (χ2n) is 9.16. The molecule has 0 spiro atoms. The Hall–Kier alpha value is -3.18. The van der Waals surface area contributed by atoms with Crippen molar-refractivity contribution in [2.24, 2.45) is 5.41 Å². The first-order chi connectivity index (χ1) is 16.1. The zero-order chi connectivity index (χ0) is 24.6. The molecule has 0 amide bonds. The molecule has 4 rings (SSSR count). The molecule has 0 saturated carbocycles. The molecule has 0 radical (unpaired) electrons. The molecule has 1 aliphatic rings. The first-order valence-corrected chi connectivity index (χ1v) is 11.7. The molecule has 1 aromatic carbocycles. The number of nitrogens with two attached hydrogens (primary N) is 1. The van der Waals surface area contributed by atoms with E-state index in [1.807, 2.05) is 30.3 Å². The number of rotatable bonds is 5. The number of imidazole rings is 1. The second-order valence-corrected chi connectivity index (χ2v) is 10.5. The number of anilines is 1. The molecule has 11 heteroatoms. The normalized spacial score (nSPS) is 20.5. The Morgan fingerprint density at radius 1 is 1.26 bits per heavy atom. The van der Waals surface area contributed by atoms with Crippen molar-refractivity contribution in [3.05, 3.63) is 47.0 Å². The van der Waals surface area contributed by atoms with E-state index in [4.69, 9.17) is 15.2 Å². The first kappa shape index (κ1) is 24.0. The minimum absolute atomic E-state index is 0.0269. The SMILES string of the molecule is CC(=O)n1c(N)nc2c(ncn2[C@@H]2O[C@H](COC(=O)C(C)(C)C)C[C@H]2Sc2ccccc2)c1=O. The van der Waals surface area contributed by atoms with Gasteiger partial charge >= 0.3 is 5.97 Å². The molecule has 34 heavy (non-hydrogen) atoms. The van der Waals surface area contributed by atoms with Gasteiger partial charge < -0.3 is 15.2 Å². The lowest BCUT2D eigenvalue weighted by Crippen LogP contribution is -2.29. The van der Waals surface area contributed by atoms with Crippen LogP contribution in [-0.2, 0) is 14.3 Å². The Morgan fingerprint density at radius 3 is 2.62 bits per heavy atom. The minimum Gasteiger partial charge on any atom is -0.463 e. The average molecular weight is 486 g/mol. The quantitative estimate of drug-likeness (QED) is 0.542. The number of thioether (sulfide) groups is 1. The summed E-state index contributed by atoms with van der Waals surface area (Å²) < 4.78 is 14.2. The van der Waals surface area contributed by atoms with Crippen molar-refractivity contribution in [1.82, 2.24) is 19.1 Å². The van der Waals surface area contributed by atoms with E-state index in [-0.39, 0.29) is 41.0 Å². The summed E-state index contributed by atoms with van der Waals surface area (Å²) >= 11 is 1.62. The molecule has 0 unspecified atom stereocenters. The predicted molar refractivity (Wildman–Crippen MR) is 128 cm³/mol. The van der Waals surface area contributed by atoms with Crippen molar-refractivity contribution >= 4 is 40.8 Å². The lowest BCUT2D eigenvalue weighted by molar-refractivity contribution is -0.157. The van der Waals surface area contributed by atoms with E-state index in [0.717, 1.165) is 9.46 Å². The highest BCUT2D eigenvalue weighted by Gasteiger charge is 2.39. The number of nitrogen functional groups attached to an aromatic ring is 1. The fourth-order valence-corrected chi connectivity index (χ4v) is 4.99. The highest BCUT2D eigenvalue weighted by atomic mass is 32.2. The van der Waals surface area contributed by atoms with E-state index in [1.165, 1.54) is 13.3 Å². The Balaban J connectivity index is 1.67. The predicted octanol–water partition coefficient (Wildman–Crippen LogP) is 2.87. The minimum atomic E-state index is -0.630. The summed E-state index contributed by atoms with van der Waals surface area (Å²) in [6, 6.07) is 9.85. The second kappa shape index (κ2) is 9.22. The zero-order valence-electron chi connectivity index (χ0n) is 19.4. The molecule has 3 atom stereocenters. The van der Waals surface area contributed by atoms with Crippen LogP contribution in [0.25, 0.3) is 11.2 Å². The number of hydrogen-bond donors (Lipinski definition) is 1. The number of ether oxygens (including phenoxy) is 2. The van der Waals surface area contributed by atoms with Crippen LogP contribution in [0, 0.1) is 5.41 Å². The number of nitrogens with zero attached hydrogens (tertiary/aromatic N) is 4. The van der Waals surface area contributed by atoms with Crippen LogP contribution in [0.3, 0.4) is 0 Å². The lowest BCUT2D eigenvalue weighted by Gasteiger charge is -2.21. The lowest BCUT2D eigenvalue weighted by atomic mass is 9.97. The standard InChI is InChI=1S/C23H27N5O5S/c1-13(29)28-19(30)17-18(26-22(28)24)27(12-25-17)20-16(34-15-8-6-5-7-9-15)10-14(33-20)11-32-21(31)23(2,3)4/h5-9,12,14,16,20H,10-11H2,1-4H3,(H2,24,26)/t14-,16+,20+/m0/s1. The van der Waals surface area contributed by atoms with Crippen LogP contribution in [0.1, 0.15) is 45.1 Å². The maximum Gasteiger partial charge on any atom is 0.311 e. The Labute approximate surface area is 200 Å². The van der Waals surface area contributed by atoms with Crippen molar-refractivity contribution in [3.8, 4) is 0 Å². The van der Waals surface area contributed by atoms with Crippen LogP contribution < -0.4 is 11.3 Å². The number of carbonyl (C=O) groups excluding carboxylic acids is 2. The van der Waals surface area contributed by atoms with Crippen LogP contribution in [0.4, 0.5) is 5.95 Å². The van der Waals surface area contributed by atoms with Crippen molar-refractivity contribution in [3.63, 3.8) is 0 Å². The van der Waals surface area contributed by atoms with Gasteiger partial charge in [-0.1, -0.05) is 18.2 Å². The van der Waals surface area contributed by atoms with Gasteiger partial charge in [0.05, 0.1) is 23.1 Å². The van der Waals surface area contributed by atoms with Gasteiger partial charge in [-0.2, -0.15) is 4.98 Å². The van der Waals surface area contributed by atoms with Gasteiger partial charge in [0.15, 0.2) is 11.2 Å². The number of benzene rings is 1. The average Bonchev–Trinajstić information content (AvgIpc) is 3.35. The third-order valence-electron chi connectivity index (χ3n) is 5.40. The molecule has 0 aliphatic carbocycles. The smallest absolute Gasteiger partial charge is 0.311 e. The monoisotopic (exact) mass is 485 g/mol. The number of hydrogen-bond acceptors (Lipinski definition) is 9. The number of fused-ring (bicyclic) bond motifs is 1. The van der Waals surface area contributed by atoms with Gasteiger partial charge in [0.2, 0.25) is 11.9 Å². The molecular formula is C23H27N5O5S. The van der Waals surface area contributed by atoms with E-state index in [1.54, 1.807) is 37.1 Å². The fraction of sp³-hybridized carbons (Fsp3) is 0.435. The van der Waals surface area contributed by atoms with E-state index in [9.17, 15) is 14.4 Å². The van der Waals surface area contributed by atoms with E-state index in [0.29, 0.717) is 6.42 Å². The summed E-state index contributed by atoms with van der Waals surface area (Å²) in [7, 11) is 0. The molecule has 1 saturated heterocycles. The molecule has 10 nitrogen and oxygen atoms in total. The van der Waals surface area contributed by atoms with Gasteiger partial charge in [-0.15, -0.1) is 11.8 Å². The summed E-state index contributed by atoms with van der Waals surface area (Å²) in [5.41, 5.74) is 4.92. The Bertz CT molecular complexity index is 1280. The Morgan fingerprint density at radius 2 is 1.97 bits per heavy atom. The van der Waals surface area contributed by atoms with E-state index >= 15 is 0 Å². The summed E-state index contributed by atoms with van der Waals surface area (Å²) in [6.45, 7) is 6.73. The van der Waals surface area contributed by atoms with Crippen molar-refractivity contribution in [2.45, 2.75) is 56.6 Å². The van der Waals surface area contributed by atoms with Crippen molar-refractivity contribution < 1.29 is 19.1 Å². The van der Waals surface area contributed by atoms with Gasteiger partial charge in [-0.25, -0.2) is 9.55 Å². The number of carbonyl (C=O) groups is 2. The third-order valence-corrected chi connectivity index (χ3v) is 6.67. The molecule has 3 heterocycles. The zero-order valence-corrected chi connectivity index (χ0v) is 20.2. The van der Waals surface area contributed by atoms with Crippen LogP contribution in [-0.4, -0.2) is 48.9 Å². The van der Waals surface area contributed by atoms with Gasteiger partial charge in [0.1, 0.15) is 12.8 Å². The summed E-state index contributed by atoms with van der Waals surface area (Å²) in [4.78, 5) is 46.4. The summed E-state index contributed by atoms with van der Waals surface area (Å²) in [5.74, 6) is -1.06. The first-order valence-electron chi connectivity index (χ1n) is 10.9. The maximum absolute atomic E-state index is 12.8. The summed E-state index contributed by atoms with van der Waals surface area (Å²) in [5, 5.41) is -0.0867. The summed E-state index contributed by atoms with van der Waals surface area (Å²) in [6.07, 6.45) is 1.16. The fourth-order valence-electron chi connectivity index (χ4n) is 3.71. The van der Waals surface area contributed by atoms with E-state index in [2.05, 4.69) is 9.97 Å². The molecule has 2 N–H and O–H groups in total. The molecule has 3 aromatic rings. The highest BCUT2D eigenvalue weighted by Crippen LogP contribution is 2.41.